The molecule has 0 aliphatic carbocycles. The normalized spacial score (nSPS) is 13.6. The maximum atomic E-state index is 5.99. The second-order valence-corrected chi connectivity index (χ2v) is 7.58. The van der Waals surface area contributed by atoms with Gasteiger partial charge in [0.2, 0.25) is 0 Å². The van der Waals surface area contributed by atoms with E-state index in [1.807, 2.05) is 42.6 Å². The van der Waals surface area contributed by atoms with E-state index in [2.05, 4.69) is 9.88 Å². The molecule has 0 saturated heterocycles. The lowest BCUT2D eigenvalue weighted by Crippen LogP contribution is -2.31. The largest absolute Gasteiger partial charge is 0.496 e. The van der Waals surface area contributed by atoms with Gasteiger partial charge in [0.25, 0.3) is 0 Å². The maximum Gasteiger partial charge on any atom is 0.159 e. The summed E-state index contributed by atoms with van der Waals surface area (Å²) in [6, 6.07) is 11.4. The molecule has 0 bridgehead atoms. The van der Waals surface area contributed by atoms with Gasteiger partial charge in [-0.25, -0.2) is 9.97 Å². The standard InChI is InChI=1S/C23H24ClN3O3/c1-28-18-10-21(29-2)19(22(11-18)30-3)14-27-9-8-20-16(13-27)12-25-23(26-20)15-4-6-17(24)7-5-15/h4-7,10-12H,8-9,13-14H2,1-3H3. The Balaban J connectivity index is 1.55. The van der Waals surface area contributed by atoms with Crippen LogP contribution in [0.2, 0.25) is 5.02 Å². The number of ether oxygens (including phenoxy) is 3. The van der Waals surface area contributed by atoms with E-state index in [-0.39, 0.29) is 0 Å². The molecule has 2 heterocycles. The highest BCUT2D eigenvalue weighted by atomic mass is 35.5. The van der Waals surface area contributed by atoms with E-state index in [0.29, 0.717) is 17.3 Å². The first-order chi connectivity index (χ1) is 14.6. The summed E-state index contributed by atoms with van der Waals surface area (Å²) >= 11 is 5.99. The van der Waals surface area contributed by atoms with E-state index in [4.69, 9.17) is 30.8 Å². The molecule has 30 heavy (non-hydrogen) atoms. The fraction of sp³-hybridized carbons (Fsp3) is 0.304. The minimum atomic E-state index is 0.703. The van der Waals surface area contributed by atoms with E-state index in [0.717, 1.165) is 59.2 Å². The Morgan fingerprint density at radius 3 is 2.33 bits per heavy atom. The molecule has 6 nitrogen and oxygen atoms in total. The average Bonchev–Trinajstić information content (AvgIpc) is 2.79. The van der Waals surface area contributed by atoms with Crippen LogP contribution in [0.1, 0.15) is 16.8 Å². The average molecular weight is 426 g/mol. The summed E-state index contributed by atoms with van der Waals surface area (Å²) in [5.74, 6) is 2.95. The van der Waals surface area contributed by atoms with Crippen LogP contribution in [0.15, 0.2) is 42.6 Å². The van der Waals surface area contributed by atoms with Crippen molar-refractivity contribution in [2.75, 3.05) is 27.9 Å². The highest BCUT2D eigenvalue weighted by molar-refractivity contribution is 6.30. The van der Waals surface area contributed by atoms with E-state index in [1.165, 1.54) is 0 Å². The monoisotopic (exact) mass is 425 g/mol. The molecule has 7 heteroatoms. The molecule has 0 atom stereocenters. The van der Waals surface area contributed by atoms with Gasteiger partial charge < -0.3 is 14.2 Å². The van der Waals surface area contributed by atoms with Crippen molar-refractivity contribution in [2.45, 2.75) is 19.5 Å². The number of fused-ring (bicyclic) bond motifs is 1. The Morgan fingerprint density at radius 2 is 1.70 bits per heavy atom. The van der Waals surface area contributed by atoms with Crippen molar-refractivity contribution in [3.05, 3.63) is 64.4 Å². The Kier molecular flexibility index (Phi) is 6.06. The molecular weight excluding hydrogens is 402 g/mol. The lowest BCUT2D eigenvalue weighted by molar-refractivity contribution is 0.234. The molecule has 0 spiro atoms. The van der Waals surface area contributed by atoms with Gasteiger partial charge in [0, 0.05) is 60.5 Å². The number of hydrogen-bond acceptors (Lipinski definition) is 6. The molecule has 0 unspecified atom stereocenters. The molecule has 3 aromatic rings. The molecular formula is C23H24ClN3O3. The summed E-state index contributed by atoms with van der Waals surface area (Å²) in [4.78, 5) is 11.7. The van der Waals surface area contributed by atoms with E-state index >= 15 is 0 Å². The van der Waals surface area contributed by atoms with Crippen molar-refractivity contribution in [3.63, 3.8) is 0 Å². The Bertz CT molecular complexity index is 1020. The van der Waals surface area contributed by atoms with E-state index in [1.54, 1.807) is 21.3 Å². The molecule has 4 rings (SSSR count). The van der Waals surface area contributed by atoms with Crippen LogP contribution in [0.3, 0.4) is 0 Å². The van der Waals surface area contributed by atoms with Crippen LogP contribution >= 0.6 is 11.6 Å². The van der Waals surface area contributed by atoms with E-state index in [9.17, 15) is 0 Å². The van der Waals surface area contributed by atoms with Gasteiger partial charge in [0.1, 0.15) is 17.2 Å². The van der Waals surface area contributed by atoms with Gasteiger partial charge in [0.05, 0.1) is 32.6 Å². The van der Waals surface area contributed by atoms with Crippen LogP contribution in [0, 0.1) is 0 Å². The van der Waals surface area contributed by atoms with Gasteiger partial charge in [-0.2, -0.15) is 0 Å². The molecule has 0 fully saturated rings. The van der Waals surface area contributed by atoms with Gasteiger partial charge in [0.15, 0.2) is 5.82 Å². The minimum Gasteiger partial charge on any atom is -0.496 e. The fourth-order valence-corrected chi connectivity index (χ4v) is 3.83. The highest BCUT2D eigenvalue weighted by Gasteiger charge is 2.22. The first-order valence-corrected chi connectivity index (χ1v) is 10.1. The molecule has 1 aliphatic heterocycles. The molecule has 1 aliphatic rings. The predicted molar refractivity (Wildman–Crippen MR) is 116 cm³/mol. The van der Waals surface area contributed by atoms with Crippen LogP contribution in [0.5, 0.6) is 17.2 Å². The number of methoxy groups -OCH3 is 3. The fourth-order valence-electron chi connectivity index (χ4n) is 3.70. The Morgan fingerprint density at radius 1 is 1.00 bits per heavy atom. The smallest absolute Gasteiger partial charge is 0.159 e. The molecule has 0 amide bonds. The van der Waals surface area contributed by atoms with Crippen molar-refractivity contribution in [1.29, 1.82) is 0 Å². The number of rotatable bonds is 6. The minimum absolute atomic E-state index is 0.703. The van der Waals surface area contributed by atoms with Crippen LogP contribution in [-0.4, -0.2) is 42.7 Å². The first kappa shape index (κ1) is 20.4. The Hall–Kier alpha value is -2.83. The van der Waals surface area contributed by atoms with Crippen molar-refractivity contribution in [1.82, 2.24) is 14.9 Å². The van der Waals surface area contributed by atoms with Crippen molar-refractivity contribution in [3.8, 4) is 28.6 Å². The number of halogens is 1. The summed E-state index contributed by atoms with van der Waals surface area (Å²) in [7, 11) is 4.96. The van der Waals surface area contributed by atoms with Gasteiger partial charge in [-0.05, 0) is 24.3 Å². The third-order valence-corrected chi connectivity index (χ3v) is 5.57. The number of nitrogens with zero attached hydrogens (tertiary/aromatic N) is 3. The lowest BCUT2D eigenvalue weighted by atomic mass is 10.0. The summed E-state index contributed by atoms with van der Waals surface area (Å²) < 4.78 is 16.5. The zero-order valence-corrected chi connectivity index (χ0v) is 18.1. The SMILES string of the molecule is COc1cc(OC)c(CN2CCc3nc(-c4ccc(Cl)cc4)ncc3C2)c(OC)c1. The zero-order valence-electron chi connectivity index (χ0n) is 17.3. The molecule has 0 saturated carbocycles. The summed E-state index contributed by atoms with van der Waals surface area (Å²) in [5.41, 5.74) is 4.21. The van der Waals surface area contributed by atoms with Gasteiger partial charge in [-0.15, -0.1) is 0 Å². The Labute approximate surface area is 181 Å². The third-order valence-electron chi connectivity index (χ3n) is 5.31. The maximum absolute atomic E-state index is 5.99. The predicted octanol–water partition coefficient (Wildman–Crippen LogP) is 4.38. The van der Waals surface area contributed by atoms with Gasteiger partial charge in [-0.1, -0.05) is 11.6 Å². The van der Waals surface area contributed by atoms with Crippen molar-refractivity contribution in [2.24, 2.45) is 0 Å². The van der Waals surface area contributed by atoms with Crippen molar-refractivity contribution >= 4 is 11.6 Å². The van der Waals surface area contributed by atoms with E-state index < -0.39 is 0 Å². The molecule has 2 aromatic carbocycles. The molecule has 0 radical (unpaired) electrons. The second-order valence-electron chi connectivity index (χ2n) is 7.14. The zero-order chi connectivity index (χ0) is 21.1. The highest BCUT2D eigenvalue weighted by Crippen LogP contribution is 2.35. The number of benzene rings is 2. The first-order valence-electron chi connectivity index (χ1n) is 9.73. The quantitative estimate of drug-likeness (QED) is 0.584. The van der Waals surface area contributed by atoms with Gasteiger partial charge in [-0.3, -0.25) is 4.90 Å². The topological polar surface area (TPSA) is 56.7 Å². The summed E-state index contributed by atoms with van der Waals surface area (Å²) in [6.45, 7) is 2.37. The van der Waals surface area contributed by atoms with Crippen molar-refractivity contribution < 1.29 is 14.2 Å². The third kappa shape index (κ3) is 4.20. The number of aromatic nitrogens is 2. The number of hydrogen-bond donors (Lipinski definition) is 0. The molecule has 156 valence electrons. The van der Waals surface area contributed by atoms with Gasteiger partial charge >= 0.3 is 0 Å². The molecule has 1 aromatic heterocycles. The van der Waals surface area contributed by atoms with Crippen LogP contribution < -0.4 is 14.2 Å². The van der Waals surface area contributed by atoms with Crippen LogP contribution in [0.4, 0.5) is 0 Å². The van der Waals surface area contributed by atoms with Crippen LogP contribution in [0.25, 0.3) is 11.4 Å². The summed E-state index contributed by atoms with van der Waals surface area (Å²) in [6.07, 6.45) is 2.79. The molecule has 0 N–H and O–H groups in total. The second kappa shape index (κ2) is 8.90. The van der Waals surface area contributed by atoms with Crippen LogP contribution in [-0.2, 0) is 19.5 Å². The lowest BCUT2D eigenvalue weighted by Gasteiger charge is -2.29. The summed E-state index contributed by atoms with van der Waals surface area (Å²) in [5, 5.41) is 0.705.